The predicted octanol–water partition coefficient (Wildman–Crippen LogP) is 4.68. The number of nitrogens with zero attached hydrogens (tertiary/aromatic N) is 4. The minimum Gasteiger partial charge on any atom is -0.488 e. The van der Waals surface area contributed by atoms with Crippen LogP contribution in [0.5, 0.6) is 5.75 Å². The van der Waals surface area contributed by atoms with Crippen molar-refractivity contribution in [1.29, 1.82) is 0 Å². The van der Waals surface area contributed by atoms with Gasteiger partial charge in [0, 0.05) is 35.7 Å². The van der Waals surface area contributed by atoms with E-state index in [4.69, 9.17) is 16.2 Å². The lowest BCUT2D eigenvalue weighted by Crippen LogP contribution is -2.28. The summed E-state index contributed by atoms with van der Waals surface area (Å²) in [6, 6.07) is 14.1. The third-order valence-electron chi connectivity index (χ3n) is 6.15. The van der Waals surface area contributed by atoms with E-state index in [0.717, 1.165) is 48.4 Å². The Labute approximate surface area is 216 Å². The second-order valence-corrected chi connectivity index (χ2v) is 9.16. The highest BCUT2D eigenvalue weighted by atomic mass is 19.1. The third kappa shape index (κ3) is 6.63. The van der Waals surface area contributed by atoms with Crippen LogP contribution in [-0.4, -0.2) is 38.6 Å². The van der Waals surface area contributed by atoms with Gasteiger partial charge in [0.1, 0.15) is 30.0 Å². The van der Waals surface area contributed by atoms with Crippen LogP contribution in [0.1, 0.15) is 37.0 Å². The molecule has 1 atom stereocenters. The van der Waals surface area contributed by atoms with Gasteiger partial charge in [-0.2, -0.15) is 5.10 Å². The lowest BCUT2D eigenvalue weighted by atomic mass is 10.1. The number of aromatic nitrogens is 3. The summed E-state index contributed by atoms with van der Waals surface area (Å²) in [6.45, 7) is 10.9. The molecule has 0 aliphatic heterocycles. The van der Waals surface area contributed by atoms with Gasteiger partial charge in [-0.15, -0.1) is 0 Å². The lowest BCUT2D eigenvalue weighted by Gasteiger charge is -2.21. The van der Waals surface area contributed by atoms with Crippen molar-refractivity contribution in [3.05, 3.63) is 90.1 Å². The standard InChI is InChI=1S/C28H34FN7O/c1-4-35(12-10-19(2)30)16-22-11-13-36-27(22)28(32-18-33-36)34-24-8-9-26(25(15-24)20(3)31)37-17-21-6-5-7-23(29)14-21/h5-9,11,13-15,18-19H,3-4,10,12,16-17,30-31H2,1-2H3,(H,32,33,34). The van der Waals surface area contributed by atoms with Crippen LogP contribution in [0.4, 0.5) is 15.9 Å². The smallest absolute Gasteiger partial charge is 0.158 e. The number of halogens is 1. The molecule has 0 spiro atoms. The highest BCUT2D eigenvalue weighted by Gasteiger charge is 2.15. The average Bonchev–Trinajstić information content (AvgIpc) is 3.29. The summed E-state index contributed by atoms with van der Waals surface area (Å²) in [5.41, 5.74) is 16.6. The van der Waals surface area contributed by atoms with Gasteiger partial charge in [-0.1, -0.05) is 25.6 Å². The van der Waals surface area contributed by atoms with Gasteiger partial charge in [-0.05, 0) is 74.0 Å². The maximum atomic E-state index is 13.5. The lowest BCUT2D eigenvalue weighted by molar-refractivity contribution is 0.271. The molecule has 8 nitrogen and oxygen atoms in total. The van der Waals surface area contributed by atoms with Crippen LogP contribution in [0.2, 0.25) is 0 Å². The van der Waals surface area contributed by atoms with Gasteiger partial charge >= 0.3 is 0 Å². The summed E-state index contributed by atoms with van der Waals surface area (Å²) in [6.07, 6.45) is 4.39. The van der Waals surface area contributed by atoms with E-state index in [1.165, 1.54) is 18.5 Å². The SMILES string of the molecule is C=C(N)c1cc(Nc2ncnn3ccc(CN(CC)CCC(C)N)c23)ccc1OCc1cccc(F)c1. The van der Waals surface area contributed by atoms with E-state index in [-0.39, 0.29) is 18.5 Å². The Morgan fingerprint density at radius 1 is 1.24 bits per heavy atom. The Hall–Kier alpha value is -3.95. The third-order valence-corrected chi connectivity index (χ3v) is 6.15. The number of benzene rings is 2. The van der Waals surface area contributed by atoms with Gasteiger partial charge in [-0.25, -0.2) is 13.9 Å². The molecule has 0 saturated carbocycles. The summed E-state index contributed by atoms with van der Waals surface area (Å²) in [7, 11) is 0. The van der Waals surface area contributed by atoms with Crippen LogP contribution in [0.3, 0.4) is 0 Å². The fourth-order valence-electron chi connectivity index (χ4n) is 4.12. The van der Waals surface area contributed by atoms with Gasteiger partial charge in [0.15, 0.2) is 5.82 Å². The Morgan fingerprint density at radius 3 is 2.81 bits per heavy atom. The minimum atomic E-state index is -0.305. The van der Waals surface area contributed by atoms with E-state index in [1.807, 2.05) is 41.9 Å². The summed E-state index contributed by atoms with van der Waals surface area (Å²) in [4.78, 5) is 6.88. The van der Waals surface area contributed by atoms with E-state index in [0.29, 0.717) is 22.8 Å². The summed E-state index contributed by atoms with van der Waals surface area (Å²) < 4.78 is 21.3. The zero-order valence-electron chi connectivity index (χ0n) is 21.3. The van der Waals surface area contributed by atoms with E-state index in [9.17, 15) is 4.39 Å². The van der Waals surface area contributed by atoms with Gasteiger partial charge in [0.25, 0.3) is 0 Å². The predicted molar refractivity (Wildman–Crippen MR) is 146 cm³/mol. The molecule has 0 bridgehead atoms. The molecule has 1 unspecified atom stereocenters. The Bertz CT molecular complexity index is 1370. The van der Waals surface area contributed by atoms with E-state index >= 15 is 0 Å². The summed E-state index contributed by atoms with van der Waals surface area (Å²) in [5.74, 6) is 0.938. The quantitative estimate of drug-likeness (QED) is 0.258. The first-order chi connectivity index (χ1) is 17.8. The number of nitrogens with one attached hydrogen (secondary N) is 1. The van der Waals surface area contributed by atoms with Gasteiger partial charge < -0.3 is 21.5 Å². The molecule has 5 N–H and O–H groups in total. The van der Waals surface area contributed by atoms with Crippen molar-refractivity contribution in [3.63, 3.8) is 0 Å². The molecular weight excluding hydrogens is 469 g/mol. The molecule has 0 amide bonds. The molecule has 194 valence electrons. The first kappa shape index (κ1) is 26.1. The fraction of sp³-hybridized carbons (Fsp3) is 0.286. The highest BCUT2D eigenvalue weighted by molar-refractivity contribution is 5.78. The van der Waals surface area contributed by atoms with Crippen molar-refractivity contribution in [2.45, 2.75) is 39.5 Å². The molecule has 0 saturated heterocycles. The number of ether oxygens (including phenoxy) is 1. The molecule has 4 rings (SSSR count). The first-order valence-corrected chi connectivity index (χ1v) is 12.4. The van der Waals surface area contributed by atoms with Crippen molar-refractivity contribution >= 4 is 22.7 Å². The number of nitrogens with two attached hydrogens (primary N) is 2. The maximum Gasteiger partial charge on any atom is 0.158 e. The number of hydrogen-bond donors (Lipinski definition) is 3. The second-order valence-electron chi connectivity index (χ2n) is 9.16. The number of hydrogen-bond acceptors (Lipinski definition) is 7. The Balaban J connectivity index is 1.56. The van der Waals surface area contributed by atoms with E-state index in [1.54, 1.807) is 6.07 Å². The Kier molecular flexibility index (Phi) is 8.37. The number of rotatable bonds is 12. The van der Waals surface area contributed by atoms with Crippen molar-refractivity contribution in [1.82, 2.24) is 19.5 Å². The normalized spacial score (nSPS) is 12.1. The molecule has 0 aliphatic carbocycles. The topological polar surface area (TPSA) is 107 Å². The first-order valence-electron chi connectivity index (χ1n) is 12.4. The van der Waals surface area contributed by atoms with Crippen molar-refractivity contribution in [2.75, 3.05) is 18.4 Å². The van der Waals surface area contributed by atoms with Crippen molar-refractivity contribution < 1.29 is 9.13 Å². The van der Waals surface area contributed by atoms with Crippen molar-refractivity contribution in [3.8, 4) is 5.75 Å². The van der Waals surface area contributed by atoms with Crippen LogP contribution in [0, 0.1) is 5.82 Å². The van der Waals surface area contributed by atoms with Crippen LogP contribution < -0.4 is 21.5 Å². The molecule has 2 aromatic heterocycles. The molecule has 9 heteroatoms. The highest BCUT2D eigenvalue weighted by Crippen LogP contribution is 2.30. The summed E-state index contributed by atoms with van der Waals surface area (Å²) >= 11 is 0. The van der Waals surface area contributed by atoms with Crippen LogP contribution in [0.25, 0.3) is 11.2 Å². The monoisotopic (exact) mass is 503 g/mol. The number of fused-ring (bicyclic) bond motifs is 1. The second kappa shape index (κ2) is 11.9. The molecule has 2 heterocycles. The zero-order chi connectivity index (χ0) is 26.4. The van der Waals surface area contributed by atoms with Crippen LogP contribution >= 0.6 is 0 Å². The van der Waals surface area contributed by atoms with Crippen LogP contribution in [0.15, 0.2) is 67.6 Å². The van der Waals surface area contributed by atoms with E-state index in [2.05, 4.69) is 39.9 Å². The van der Waals surface area contributed by atoms with Gasteiger partial charge in [0.05, 0.1) is 0 Å². The maximum absolute atomic E-state index is 13.5. The van der Waals surface area contributed by atoms with Gasteiger partial charge in [-0.3, -0.25) is 4.90 Å². The summed E-state index contributed by atoms with van der Waals surface area (Å²) in [5, 5.41) is 7.78. The molecule has 0 fully saturated rings. The van der Waals surface area contributed by atoms with Crippen molar-refractivity contribution in [2.24, 2.45) is 11.5 Å². The largest absolute Gasteiger partial charge is 0.488 e. The molecule has 0 radical (unpaired) electrons. The molecular formula is C28H34FN7O. The zero-order valence-corrected chi connectivity index (χ0v) is 21.3. The Morgan fingerprint density at radius 2 is 2.08 bits per heavy atom. The van der Waals surface area contributed by atoms with E-state index < -0.39 is 0 Å². The fourth-order valence-corrected chi connectivity index (χ4v) is 4.12. The molecule has 37 heavy (non-hydrogen) atoms. The average molecular weight is 504 g/mol. The molecule has 4 aromatic rings. The molecule has 2 aromatic carbocycles. The minimum absolute atomic E-state index is 0.160. The molecule has 0 aliphatic rings. The van der Waals surface area contributed by atoms with Gasteiger partial charge in [0.2, 0.25) is 0 Å². The number of anilines is 2. The van der Waals surface area contributed by atoms with Crippen LogP contribution in [-0.2, 0) is 13.2 Å².